The first-order chi connectivity index (χ1) is 14.0. The quantitative estimate of drug-likeness (QED) is 0.587. The van der Waals surface area contributed by atoms with Crippen LogP contribution in [0.1, 0.15) is 36.7 Å². The molecule has 152 valence electrons. The lowest BCUT2D eigenvalue weighted by Crippen LogP contribution is -2.19. The van der Waals surface area contributed by atoms with Crippen molar-refractivity contribution < 1.29 is 18.7 Å². The van der Waals surface area contributed by atoms with Gasteiger partial charge >= 0.3 is 0 Å². The molecule has 9 heteroatoms. The molecule has 1 amide bonds. The number of hydrogen-bond donors (Lipinski definition) is 2. The summed E-state index contributed by atoms with van der Waals surface area (Å²) < 4.78 is 24.6. The van der Waals surface area contributed by atoms with Crippen molar-refractivity contribution in [3.63, 3.8) is 0 Å². The average Bonchev–Trinajstić information content (AvgIpc) is 2.72. The largest absolute Gasteiger partial charge is 0.480 e. The third-order valence-electron chi connectivity index (χ3n) is 4.40. The highest BCUT2D eigenvalue weighted by Gasteiger charge is 2.16. The van der Waals surface area contributed by atoms with Crippen molar-refractivity contribution in [2.45, 2.75) is 26.2 Å². The molecule has 1 aliphatic carbocycles. The Morgan fingerprint density at radius 2 is 2.17 bits per heavy atom. The Bertz CT molecular complexity index is 944. The fourth-order valence-corrected chi connectivity index (χ4v) is 2.83. The molecule has 8 nitrogen and oxygen atoms in total. The molecule has 2 aromatic rings. The van der Waals surface area contributed by atoms with Crippen molar-refractivity contribution in [3.05, 3.63) is 53.9 Å². The number of benzene rings is 1. The van der Waals surface area contributed by atoms with Crippen LogP contribution in [-0.4, -0.2) is 29.0 Å². The molecule has 0 spiro atoms. The first kappa shape index (κ1) is 20.2. The summed E-state index contributed by atoms with van der Waals surface area (Å²) in [5.41, 5.74) is 6.20. The Hall–Kier alpha value is -3.49. The van der Waals surface area contributed by atoms with E-state index in [1.807, 2.05) is 13.0 Å². The highest BCUT2D eigenvalue weighted by molar-refractivity contribution is 6.02. The average molecular weight is 399 g/mol. The molecular formula is C20H22FN5O3. The number of aromatic nitrogens is 2. The maximum atomic E-state index is 14.1. The van der Waals surface area contributed by atoms with Crippen LogP contribution in [0.5, 0.6) is 5.88 Å². The van der Waals surface area contributed by atoms with Gasteiger partial charge in [-0.3, -0.25) is 4.79 Å². The summed E-state index contributed by atoms with van der Waals surface area (Å²) in [5.74, 6) is 0.161. The number of anilines is 1. The van der Waals surface area contributed by atoms with E-state index in [4.69, 9.17) is 15.2 Å². The molecule has 0 saturated carbocycles. The van der Waals surface area contributed by atoms with Gasteiger partial charge in [-0.15, -0.1) is 0 Å². The minimum absolute atomic E-state index is 0.0508. The molecule has 0 saturated heterocycles. The van der Waals surface area contributed by atoms with E-state index < -0.39 is 11.7 Å². The Morgan fingerprint density at radius 3 is 2.86 bits per heavy atom. The summed E-state index contributed by atoms with van der Waals surface area (Å²) in [6.45, 7) is 2.04. The van der Waals surface area contributed by atoms with Gasteiger partial charge in [-0.05, 0) is 43.5 Å². The zero-order valence-electron chi connectivity index (χ0n) is 16.2. The van der Waals surface area contributed by atoms with Crippen LogP contribution in [0.3, 0.4) is 0 Å². The lowest BCUT2D eigenvalue weighted by atomic mass is 9.96. The summed E-state index contributed by atoms with van der Waals surface area (Å²) in [6, 6.07) is 3.79. The zero-order valence-corrected chi connectivity index (χ0v) is 16.2. The van der Waals surface area contributed by atoms with Crippen LogP contribution in [0.4, 0.5) is 15.8 Å². The number of aliphatic imine (C=N–C) groups is 1. The van der Waals surface area contributed by atoms with Gasteiger partial charge in [0, 0.05) is 11.6 Å². The molecule has 0 radical (unpaired) electrons. The highest BCUT2D eigenvalue weighted by Crippen LogP contribution is 2.26. The molecule has 3 N–H and O–H groups in total. The van der Waals surface area contributed by atoms with Gasteiger partial charge in [0.15, 0.2) is 0 Å². The molecule has 0 unspecified atom stereocenters. The van der Waals surface area contributed by atoms with Crippen LogP contribution >= 0.6 is 0 Å². The smallest absolute Gasteiger partial charge is 0.292 e. The lowest BCUT2D eigenvalue weighted by molar-refractivity contribution is 0.102. The molecule has 0 fully saturated rings. The summed E-state index contributed by atoms with van der Waals surface area (Å²) in [4.78, 5) is 24.2. The Morgan fingerprint density at radius 1 is 1.34 bits per heavy atom. The molecule has 0 bridgehead atoms. The van der Waals surface area contributed by atoms with Gasteiger partial charge in [-0.1, -0.05) is 6.92 Å². The number of carbonyl (C=O) groups is 1. The fourth-order valence-electron chi connectivity index (χ4n) is 2.83. The lowest BCUT2D eigenvalue weighted by Gasteiger charge is -2.20. The fraction of sp³-hybridized carbons (Fsp3) is 0.300. The number of methoxy groups -OCH3 is 1. The second-order valence-corrected chi connectivity index (χ2v) is 6.55. The maximum absolute atomic E-state index is 14.1. The number of amidine groups is 1. The Labute approximate surface area is 167 Å². The minimum Gasteiger partial charge on any atom is -0.480 e. The van der Waals surface area contributed by atoms with Gasteiger partial charge in [0.25, 0.3) is 11.9 Å². The van der Waals surface area contributed by atoms with E-state index in [2.05, 4.69) is 20.3 Å². The van der Waals surface area contributed by atoms with Crippen LogP contribution < -0.4 is 15.8 Å². The van der Waals surface area contributed by atoms with Crippen molar-refractivity contribution in [1.29, 1.82) is 0 Å². The molecule has 3 rings (SSSR count). The van der Waals surface area contributed by atoms with E-state index in [0.29, 0.717) is 5.69 Å². The van der Waals surface area contributed by atoms with Crippen LogP contribution in [0, 0.1) is 11.7 Å². The number of carbonyl (C=O) groups excluding carboxylic acids is 1. The summed E-state index contributed by atoms with van der Waals surface area (Å²) >= 11 is 0. The summed E-state index contributed by atoms with van der Waals surface area (Å²) in [7, 11) is 1.45. The van der Waals surface area contributed by atoms with Gasteiger partial charge in [-0.25, -0.2) is 14.4 Å². The van der Waals surface area contributed by atoms with Gasteiger partial charge in [0.2, 0.25) is 5.88 Å². The van der Waals surface area contributed by atoms with E-state index >= 15 is 0 Å². The van der Waals surface area contributed by atoms with Crippen molar-refractivity contribution in [1.82, 2.24) is 9.97 Å². The van der Waals surface area contributed by atoms with Gasteiger partial charge < -0.3 is 20.5 Å². The molecule has 1 aromatic carbocycles. The van der Waals surface area contributed by atoms with Crippen molar-refractivity contribution in [2.24, 2.45) is 16.6 Å². The standard InChI is InChI=1S/C20H22FN5O3/c1-12-5-3-4-6-17(12)29-20(22)26-15-9-13(7-8-14(15)21)25-19(27)16-10-24-18(28-2)11-23-16/h6-12H,3-5H2,1-2H3,(H2,22,26)(H,25,27)/t12-/m0/s1. The summed E-state index contributed by atoms with van der Waals surface area (Å²) in [6.07, 6.45) is 7.59. The molecular weight excluding hydrogens is 377 g/mol. The third kappa shape index (κ3) is 5.28. The Kier molecular flexibility index (Phi) is 6.38. The van der Waals surface area contributed by atoms with E-state index in [0.717, 1.165) is 25.0 Å². The second-order valence-electron chi connectivity index (χ2n) is 6.55. The first-order valence-corrected chi connectivity index (χ1v) is 9.15. The molecule has 1 atom stereocenters. The molecule has 1 heterocycles. The number of hydrogen-bond acceptors (Lipinski definition) is 6. The van der Waals surface area contributed by atoms with Gasteiger partial charge in [0.05, 0.1) is 19.5 Å². The normalized spacial score (nSPS) is 16.7. The molecule has 1 aromatic heterocycles. The second kappa shape index (κ2) is 9.13. The van der Waals surface area contributed by atoms with E-state index in [9.17, 15) is 9.18 Å². The minimum atomic E-state index is -0.593. The van der Waals surface area contributed by atoms with Crippen molar-refractivity contribution in [2.75, 3.05) is 12.4 Å². The van der Waals surface area contributed by atoms with Crippen molar-refractivity contribution >= 4 is 23.3 Å². The van der Waals surface area contributed by atoms with Crippen LogP contribution in [0.2, 0.25) is 0 Å². The molecule has 29 heavy (non-hydrogen) atoms. The maximum Gasteiger partial charge on any atom is 0.292 e. The first-order valence-electron chi connectivity index (χ1n) is 9.15. The number of allylic oxidation sites excluding steroid dienone is 2. The SMILES string of the molecule is COc1cnc(C(=O)Nc2ccc(F)c(/N=C(/N)OC3=CCCC[C@@H]3C)c2)cn1. The molecule has 1 aliphatic rings. The van der Waals surface area contributed by atoms with Gasteiger partial charge in [0.1, 0.15) is 23.0 Å². The van der Waals surface area contributed by atoms with E-state index in [-0.39, 0.29) is 29.2 Å². The van der Waals surface area contributed by atoms with E-state index in [1.54, 1.807) is 0 Å². The highest BCUT2D eigenvalue weighted by atomic mass is 19.1. The van der Waals surface area contributed by atoms with Crippen LogP contribution in [-0.2, 0) is 4.74 Å². The number of nitrogens with zero attached hydrogens (tertiary/aromatic N) is 3. The predicted octanol–water partition coefficient (Wildman–Crippen LogP) is 3.54. The Balaban J connectivity index is 1.73. The number of rotatable bonds is 5. The van der Waals surface area contributed by atoms with Gasteiger partial charge in [-0.2, -0.15) is 4.99 Å². The number of nitrogens with one attached hydrogen (secondary N) is 1. The van der Waals surface area contributed by atoms with Crippen LogP contribution in [0.25, 0.3) is 0 Å². The molecule has 0 aliphatic heterocycles. The zero-order chi connectivity index (χ0) is 20.8. The monoisotopic (exact) mass is 399 g/mol. The third-order valence-corrected chi connectivity index (χ3v) is 4.40. The number of halogens is 1. The van der Waals surface area contributed by atoms with Crippen LogP contribution in [0.15, 0.2) is 47.4 Å². The van der Waals surface area contributed by atoms with E-state index in [1.165, 1.54) is 37.7 Å². The predicted molar refractivity (Wildman–Crippen MR) is 106 cm³/mol. The van der Waals surface area contributed by atoms with Crippen molar-refractivity contribution in [3.8, 4) is 5.88 Å². The topological polar surface area (TPSA) is 112 Å². The number of nitrogens with two attached hydrogens (primary N) is 1. The summed E-state index contributed by atoms with van der Waals surface area (Å²) in [5, 5.41) is 2.61. The number of amides is 1. The number of ether oxygens (including phenoxy) is 2.